The highest BCUT2D eigenvalue weighted by Crippen LogP contribution is 2.50. The van der Waals surface area contributed by atoms with Crippen LogP contribution < -0.4 is 0 Å². The van der Waals surface area contributed by atoms with E-state index in [2.05, 4.69) is 47.5 Å². The predicted molar refractivity (Wildman–Crippen MR) is 75.5 cm³/mol. The first-order valence-corrected chi connectivity index (χ1v) is 7.34. The summed E-state index contributed by atoms with van der Waals surface area (Å²) in [6, 6.07) is 0. The monoisotopic (exact) mass is 350 g/mol. The fourth-order valence-corrected chi connectivity index (χ4v) is 1.61. The van der Waals surface area contributed by atoms with E-state index in [0.717, 1.165) is 0 Å². The van der Waals surface area contributed by atoms with Crippen LogP contribution in [0.2, 0.25) is 0 Å². The number of hydrogen-bond donors (Lipinski definition) is 0. The first kappa shape index (κ1) is 20.3. The van der Waals surface area contributed by atoms with Crippen molar-refractivity contribution in [3.05, 3.63) is 38.0 Å². The van der Waals surface area contributed by atoms with Crippen molar-refractivity contribution < 1.29 is 46.7 Å². The molecule has 23 heavy (non-hydrogen) atoms. The zero-order chi connectivity index (χ0) is 17.7. The molecule has 0 radical (unpaired) electrons. The van der Waals surface area contributed by atoms with Gasteiger partial charge in [-0.05, 0) is 0 Å². The third-order valence-corrected chi connectivity index (χ3v) is 2.63. The van der Waals surface area contributed by atoms with Crippen molar-refractivity contribution in [2.24, 2.45) is 0 Å². The summed E-state index contributed by atoms with van der Waals surface area (Å²) in [5.74, 6) is 0. The summed E-state index contributed by atoms with van der Waals surface area (Å²) in [4.78, 5) is 33.7. The van der Waals surface area contributed by atoms with E-state index < -0.39 is 26.3 Å². The molecule has 0 bridgehead atoms. The second-order valence-electron chi connectivity index (χ2n) is 3.27. The van der Waals surface area contributed by atoms with Gasteiger partial charge in [-0.1, -0.05) is 38.0 Å². The molecule has 0 aliphatic rings. The molecule has 128 valence electrons. The smallest absolute Gasteiger partial charge is 0.430 e. The van der Waals surface area contributed by atoms with Gasteiger partial charge in [-0.15, -0.1) is 0 Å². The Morgan fingerprint density at radius 3 is 1.17 bits per heavy atom. The predicted octanol–water partition coefficient (Wildman–Crippen LogP) is 3.11. The Labute approximate surface area is 131 Å². The van der Waals surface area contributed by atoms with Crippen LogP contribution >= 0.6 is 7.82 Å². The lowest BCUT2D eigenvalue weighted by Gasteiger charge is -2.15. The van der Waals surface area contributed by atoms with Gasteiger partial charge in [-0.25, -0.2) is 14.4 Å². The Morgan fingerprint density at radius 2 is 0.957 bits per heavy atom. The molecule has 0 fully saturated rings. The van der Waals surface area contributed by atoms with Gasteiger partial charge >= 0.3 is 26.3 Å². The van der Waals surface area contributed by atoms with Crippen LogP contribution in [-0.2, 0) is 32.3 Å². The zero-order valence-corrected chi connectivity index (χ0v) is 12.9. The summed E-state index contributed by atoms with van der Waals surface area (Å²) in [7, 11) is -5.03. The molecule has 0 N–H and O–H groups in total. The highest BCUT2D eigenvalue weighted by Gasteiger charge is 2.41. The van der Waals surface area contributed by atoms with Gasteiger partial charge in [0.25, 0.3) is 0 Å². The van der Waals surface area contributed by atoms with E-state index in [1.54, 1.807) is 0 Å². The van der Waals surface area contributed by atoms with E-state index >= 15 is 0 Å². The molecule has 0 atom stereocenters. The van der Waals surface area contributed by atoms with Crippen LogP contribution in [0, 0.1) is 0 Å². The average Bonchev–Trinajstić information content (AvgIpc) is 2.48. The largest absolute Gasteiger partial charge is 0.661 e. The van der Waals surface area contributed by atoms with Gasteiger partial charge in [0.15, 0.2) is 0 Å². The summed E-state index contributed by atoms with van der Waals surface area (Å²) < 4.78 is 37.8. The lowest BCUT2D eigenvalue weighted by Crippen LogP contribution is -2.16. The van der Waals surface area contributed by atoms with E-state index in [9.17, 15) is 18.9 Å². The van der Waals surface area contributed by atoms with E-state index in [1.165, 1.54) is 18.2 Å². The third kappa shape index (κ3) is 9.75. The molecule has 0 aromatic heterocycles. The molecule has 0 spiro atoms. The van der Waals surface area contributed by atoms with Crippen LogP contribution in [0.25, 0.3) is 0 Å². The fourth-order valence-electron chi connectivity index (χ4n) is 0.790. The number of phosphoric acid groups is 1. The number of rotatable bonds is 9. The van der Waals surface area contributed by atoms with E-state index in [1.807, 2.05) is 0 Å². The summed E-state index contributed by atoms with van der Waals surface area (Å²) in [5.41, 5.74) is 0. The first-order chi connectivity index (χ1) is 10.9. The molecule has 0 rings (SSSR count). The van der Waals surface area contributed by atoms with Crippen molar-refractivity contribution in [2.45, 2.75) is 0 Å². The second kappa shape index (κ2) is 10.9. The maximum absolute atomic E-state index is 12.1. The van der Waals surface area contributed by atoms with Crippen molar-refractivity contribution in [1.29, 1.82) is 0 Å². The van der Waals surface area contributed by atoms with Crippen LogP contribution in [0.1, 0.15) is 0 Å². The normalized spacial score (nSPS) is 9.74. The van der Waals surface area contributed by atoms with Crippen LogP contribution in [0.15, 0.2) is 38.0 Å². The van der Waals surface area contributed by atoms with Crippen LogP contribution in [-0.4, -0.2) is 38.3 Å². The number of ether oxygens (including phenoxy) is 3. The quantitative estimate of drug-likeness (QED) is 0.265. The van der Waals surface area contributed by atoms with Gasteiger partial charge in [0.05, 0.1) is 0 Å². The average molecular weight is 350 g/mol. The summed E-state index contributed by atoms with van der Waals surface area (Å²) in [5, 5.41) is 0. The van der Waals surface area contributed by atoms with Gasteiger partial charge in [-0.3, -0.25) is 0 Å². The van der Waals surface area contributed by atoms with Gasteiger partial charge in [0, 0.05) is 0 Å². The Bertz CT molecular complexity index is 441. The Hall–Kier alpha value is -2.74. The van der Waals surface area contributed by atoms with E-state index in [0.29, 0.717) is 0 Å². The minimum absolute atomic E-state index is 0.291. The molecule has 0 aliphatic heterocycles. The van der Waals surface area contributed by atoms with Crippen LogP contribution in [0.4, 0.5) is 14.4 Å². The molecular weight excluding hydrogens is 335 g/mol. The highest BCUT2D eigenvalue weighted by molar-refractivity contribution is 7.50. The standard InChI is InChI=1S/C12H15O10P/c1-4-7-17-10(13)20-23(16,21-11(14)18-8-5-2)22-12(15)19-9-6-3/h4-6H,1-3,7-9H2. The maximum Gasteiger partial charge on any atom is 0.661 e. The number of phosphoric ester groups is 1. The second-order valence-corrected chi connectivity index (χ2v) is 4.71. The van der Waals surface area contributed by atoms with Crippen LogP contribution in [0.3, 0.4) is 0 Å². The summed E-state index contributed by atoms with van der Waals surface area (Å²) in [6.07, 6.45) is -1.07. The topological polar surface area (TPSA) is 124 Å². The van der Waals surface area contributed by atoms with Crippen molar-refractivity contribution in [3.8, 4) is 0 Å². The maximum atomic E-state index is 12.1. The molecule has 0 saturated carbocycles. The van der Waals surface area contributed by atoms with Gasteiger partial charge in [0.2, 0.25) is 0 Å². The number of hydrogen-bond acceptors (Lipinski definition) is 10. The Kier molecular flexibility index (Phi) is 9.61. The Balaban J connectivity index is 4.90. The molecule has 0 aromatic carbocycles. The molecule has 0 amide bonds. The highest BCUT2D eigenvalue weighted by atomic mass is 31.2. The summed E-state index contributed by atoms with van der Waals surface area (Å²) >= 11 is 0. The molecule has 0 aliphatic carbocycles. The van der Waals surface area contributed by atoms with Crippen molar-refractivity contribution >= 4 is 26.3 Å². The van der Waals surface area contributed by atoms with Crippen molar-refractivity contribution in [1.82, 2.24) is 0 Å². The Morgan fingerprint density at radius 1 is 0.696 bits per heavy atom. The minimum Gasteiger partial charge on any atom is -0.430 e. The molecule has 0 heterocycles. The fraction of sp³-hybridized carbons (Fsp3) is 0.250. The van der Waals surface area contributed by atoms with Gasteiger partial charge in [-0.2, -0.15) is 4.57 Å². The molecule has 10 nitrogen and oxygen atoms in total. The molecular formula is C12H15O10P. The SMILES string of the molecule is C=CCOC(=O)OP(=O)(OC(=O)OCC=C)OC(=O)OCC=C. The third-order valence-electron chi connectivity index (χ3n) is 1.52. The lowest BCUT2D eigenvalue weighted by molar-refractivity contribution is 0.0560. The molecule has 0 unspecified atom stereocenters. The lowest BCUT2D eigenvalue weighted by atomic mass is 10.7. The van der Waals surface area contributed by atoms with Crippen molar-refractivity contribution in [3.63, 3.8) is 0 Å². The summed E-state index contributed by atoms with van der Waals surface area (Å²) in [6.45, 7) is 8.91. The molecule has 0 saturated heterocycles. The number of carbonyl (C=O) groups excluding carboxylic acids is 3. The van der Waals surface area contributed by atoms with E-state index in [-0.39, 0.29) is 19.8 Å². The van der Waals surface area contributed by atoms with Crippen LogP contribution in [0.5, 0.6) is 0 Å². The van der Waals surface area contributed by atoms with Crippen molar-refractivity contribution in [2.75, 3.05) is 19.8 Å². The van der Waals surface area contributed by atoms with Gasteiger partial charge < -0.3 is 27.8 Å². The molecule has 11 heteroatoms. The minimum atomic E-state index is -5.03. The van der Waals surface area contributed by atoms with E-state index in [4.69, 9.17) is 0 Å². The molecule has 0 aromatic rings. The van der Waals surface area contributed by atoms with Gasteiger partial charge in [0.1, 0.15) is 19.8 Å². The zero-order valence-electron chi connectivity index (χ0n) is 12.0. The number of carbonyl (C=O) groups is 3. The first-order valence-electron chi connectivity index (χ1n) is 5.88.